The van der Waals surface area contributed by atoms with Gasteiger partial charge in [0, 0.05) is 5.56 Å². The fraction of sp³-hybridized carbons (Fsp3) is 0.348. The van der Waals surface area contributed by atoms with Gasteiger partial charge in [-0.15, -0.1) is 0 Å². The van der Waals surface area contributed by atoms with Crippen molar-refractivity contribution in [3.63, 3.8) is 0 Å². The smallest absolute Gasteiger partial charge is 0.325 e. The van der Waals surface area contributed by atoms with E-state index in [1.807, 2.05) is 19.1 Å². The SMILES string of the molecule is CC(C)Cc1ccc([C@@H](C)NC(=O)COC(=O)CNC(=O)c2ccccc2)cc1. The lowest BCUT2D eigenvalue weighted by atomic mass is 10.00. The van der Waals surface area contributed by atoms with Gasteiger partial charge in [-0.05, 0) is 42.5 Å². The molecule has 1 atom stereocenters. The van der Waals surface area contributed by atoms with E-state index < -0.39 is 18.5 Å². The number of carbonyl (C=O) groups excluding carboxylic acids is 3. The lowest BCUT2D eigenvalue weighted by Gasteiger charge is -2.15. The van der Waals surface area contributed by atoms with Crippen molar-refractivity contribution in [2.45, 2.75) is 33.2 Å². The summed E-state index contributed by atoms with van der Waals surface area (Å²) in [6, 6.07) is 16.5. The first-order valence-corrected chi connectivity index (χ1v) is 9.72. The largest absolute Gasteiger partial charge is 0.454 e. The van der Waals surface area contributed by atoms with E-state index in [-0.39, 0.29) is 18.5 Å². The second kappa shape index (κ2) is 11.0. The zero-order valence-corrected chi connectivity index (χ0v) is 17.1. The van der Waals surface area contributed by atoms with Gasteiger partial charge in [-0.25, -0.2) is 0 Å². The maximum absolute atomic E-state index is 12.0. The minimum absolute atomic E-state index is 0.202. The molecule has 0 bridgehead atoms. The third-order valence-electron chi connectivity index (χ3n) is 4.29. The number of benzene rings is 2. The predicted molar refractivity (Wildman–Crippen MR) is 111 cm³/mol. The molecule has 0 saturated heterocycles. The Morgan fingerprint density at radius 3 is 2.21 bits per heavy atom. The number of carbonyl (C=O) groups is 3. The zero-order valence-electron chi connectivity index (χ0n) is 17.1. The Kier molecular flexibility index (Phi) is 8.40. The van der Waals surface area contributed by atoms with Gasteiger partial charge >= 0.3 is 5.97 Å². The third kappa shape index (κ3) is 7.78. The Labute approximate surface area is 171 Å². The number of nitrogens with one attached hydrogen (secondary N) is 2. The molecule has 0 heterocycles. The second-order valence-corrected chi connectivity index (χ2v) is 7.34. The summed E-state index contributed by atoms with van der Waals surface area (Å²) < 4.78 is 4.92. The van der Waals surface area contributed by atoms with Gasteiger partial charge in [0.2, 0.25) is 0 Å². The van der Waals surface area contributed by atoms with Gasteiger partial charge < -0.3 is 15.4 Å². The van der Waals surface area contributed by atoms with Crippen LogP contribution in [0.4, 0.5) is 0 Å². The van der Waals surface area contributed by atoms with Crippen molar-refractivity contribution in [2.75, 3.05) is 13.2 Å². The molecule has 0 aliphatic carbocycles. The van der Waals surface area contributed by atoms with E-state index in [0.29, 0.717) is 11.5 Å². The fourth-order valence-electron chi connectivity index (χ4n) is 2.82. The Morgan fingerprint density at radius 2 is 1.59 bits per heavy atom. The summed E-state index contributed by atoms with van der Waals surface area (Å²) in [7, 11) is 0. The van der Waals surface area contributed by atoms with Gasteiger partial charge in [0.05, 0.1) is 6.04 Å². The summed E-state index contributed by atoms with van der Waals surface area (Å²) in [5.41, 5.74) is 2.69. The highest BCUT2D eigenvalue weighted by Crippen LogP contribution is 2.15. The second-order valence-electron chi connectivity index (χ2n) is 7.34. The minimum atomic E-state index is -0.671. The summed E-state index contributed by atoms with van der Waals surface area (Å²) >= 11 is 0. The number of amides is 2. The molecule has 2 rings (SSSR count). The average Bonchev–Trinajstić information content (AvgIpc) is 2.71. The van der Waals surface area contributed by atoms with E-state index in [4.69, 9.17) is 4.74 Å². The average molecular weight is 396 g/mol. The van der Waals surface area contributed by atoms with E-state index in [0.717, 1.165) is 12.0 Å². The highest BCUT2D eigenvalue weighted by atomic mass is 16.5. The van der Waals surface area contributed by atoms with E-state index in [9.17, 15) is 14.4 Å². The van der Waals surface area contributed by atoms with Crippen LogP contribution in [-0.4, -0.2) is 30.9 Å². The van der Waals surface area contributed by atoms with Crippen molar-refractivity contribution in [3.05, 3.63) is 71.3 Å². The number of rotatable bonds is 9. The molecule has 0 radical (unpaired) electrons. The quantitative estimate of drug-likeness (QED) is 0.638. The molecule has 2 N–H and O–H groups in total. The van der Waals surface area contributed by atoms with Crippen LogP contribution in [0.25, 0.3) is 0 Å². The van der Waals surface area contributed by atoms with E-state index >= 15 is 0 Å². The van der Waals surface area contributed by atoms with Gasteiger partial charge in [0.25, 0.3) is 11.8 Å². The molecule has 6 heteroatoms. The lowest BCUT2D eigenvalue weighted by molar-refractivity contribution is -0.147. The highest BCUT2D eigenvalue weighted by molar-refractivity contribution is 5.96. The van der Waals surface area contributed by atoms with Gasteiger partial charge in [0.1, 0.15) is 6.54 Å². The van der Waals surface area contributed by atoms with Crippen LogP contribution >= 0.6 is 0 Å². The number of ether oxygens (including phenoxy) is 1. The third-order valence-corrected chi connectivity index (χ3v) is 4.29. The first-order chi connectivity index (χ1) is 13.8. The molecular formula is C23H28N2O4. The van der Waals surface area contributed by atoms with Crippen LogP contribution in [0.15, 0.2) is 54.6 Å². The Morgan fingerprint density at radius 1 is 0.931 bits per heavy atom. The molecule has 0 fully saturated rings. The number of hydrogen-bond acceptors (Lipinski definition) is 4. The van der Waals surface area contributed by atoms with Crippen LogP contribution in [0, 0.1) is 5.92 Å². The Balaban J connectivity index is 1.71. The van der Waals surface area contributed by atoms with Crippen molar-refractivity contribution in [3.8, 4) is 0 Å². The summed E-state index contributed by atoms with van der Waals surface area (Å²) in [5.74, 6) is -0.853. The molecule has 0 aliphatic rings. The summed E-state index contributed by atoms with van der Waals surface area (Å²) in [5, 5.41) is 5.26. The van der Waals surface area contributed by atoms with E-state index in [1.165, 1.54) is 5.56 Å². The summed E-state index contributed by atoms with van der Waals surface area (Å²) in [6.45, 7) is 5.53. The molecule has 29 heavy (non-hydrogen) atoms. The van der Waals surface area contributed by atoms with Gasteiger partial charge in [-0.1, -0.05) is 56.3 Å². The van der Waals surface area contributed by atoms with Crippen molar-refractivity contribution in [1.82, 2.24) is 10.6 Å². The first-order valence-electron chi connectivity index (χ1n) is 9.72. The van der Waals surface area contributed by atoms with Crippen LogP contribution < -0.4 is 10.6 Å². The highest BCUT2D eigenvalue weighted by Gasteiger charge is 2.13. The lowest BCUT2D eigenvalue weighted by Crippen LogP contribution is -2.34. The first kappa shape index (κ1) is 22.1. The van der Waals surface area contributed by atoms with Crippen LogP contribution in [0.3, 0.4) is 0 Å². The summed E-state index contributed by atoms with van der Waals surface area (Å²) in [4.78, 5) is 35.6. The zero-order chi connectivity index (χ0) is 21.2. The number of hydrogen-bond donors (Lipinski definition) is 2. The molecular weight excluding hydrogens is 368 g/mol. The minimum Gasteiger partial charge on any atom is -0.454 e. The molecule has 2 amide bonds. The predicted octanol–water partition coefficient (Wildman–Crippen LogP) is 3.04. The maximum atomic E-state index is 12.0. The number of esters is 1. The molecule has 6 nitrogen and oxygen atoms in total. The van der Waals surface area contributed by atoms with Crippen molar-refractivity contribution in [1.29, 1.82) is 0 Å². The maximum Gasteiger partial charge on any atom is 0.325 e. The Bertz CT molecular complexity index is 817. The van der Waals surface area contributed by atoms with E-state index in [2.05, 4.69) is 36.6 Å². The van der Waals surface area contributed by atoms with Crippen LogP contribution in [-0.2, 0) is 20.7 Å². The van der Waals surface area contributed by atoms with Gasteiger partial charge in [0.15, 0.2) is 6.61 Å². The van der Waals surface area contributed by atoms with Crippen molar-refractivity contribution < 1.29 is 19.1 Å². The monoisotopic (exact) mass is 396 g/mol. The molecule has 154 valence electrons. The van der Waals surface area contributed by atoms with Crippen LogP contribution in [0.1, 0.15) is 48.3 Å². The normalized spacial score (nSPS) is 11.6. The Hall–Kier alpha value is -3.15. The topological polar surface area (TPSA) is 84.5 Å². The van der Waals surface area contributed by atoms with Crippen LogP contribution in [0.5, 0.6) is 0 Å². The van der Waals surface area contributed by atoms with Gasteiger partial charge in [-0.2, -0.15) is 0 Å². The summed E-state index contributed by atoms with van der Waals surface area (Å²) in [6.07, 6.45) is 1.01. The standard InChI is InChI=1S/C23H28N2O4/c1-16(2)13-18-9-11-19(12-10-18)17(3)25-21(26)15-29-22(27)14-24-23(28)20-7-5-4-6-8-20/h4-12,16-17H,13-15H2,1-3H3,(H,24,28)(H,25,26)/t17-/m1/s1. The van der Waals surface area contributed by atoms with E-state index in [1.54, 1.807) is 30.3 Å². The molecule has 2 aromatic rings. The molecule has 0 unspecified atom stereocenters. The van der Waals surface area contributed by atoms with Crippen molar-refractivity contribution in [2.24, 2.45) is 5.92 Å². The molecule has 0 saturated carbocycles. The molecule has 2 aromatic carbocycles. The van der Waals surface area contributed by atoms with Gasteiger partial charge in [-0.3, -0.25) is 14.4 Å². The fourth-order valence-corrected chi connectivity index (χ4v) is 2.82. The molecule has 0 spiro atoms. The van der Waals surface area contributed by atoms with Crippen molar-refractivity contribution >= 4 is 17.8 Å². The molecule has 0 aromatic heterocycles. The molecule has 0 aliphatic heterocycles. The van der Waals surface area contributed by atoms with Crippen LogP contribution in [0.2, 0.25) is 0 Å².